The Bertz CT molecular complexity index is 353. The molecule has 80 valence electrons. The molecule has 0 aromatic heterocycles. The van der Waals surface area contributed by atoms with Crippen molar-refractivity contribution in [3.05, 3.63) is 35.9 Å². The summed E-state index contributed by atoms with van der Waals surface area (Å²) < 4.78 is 0. The van der Waals surface area contributed by atoms with Crippen LogP contribution in [0, 0.1) is 0 Å². The largest absolute Gasteiger partial charge is 0.465 e. The molecule has 1 fully saturated rings. The number of rotatable bonds is 1. The van der Waals surface area contributed by atoms with Crippen LogP contribution in [0.5, 0.6) is 0 Å². The van der Waals surface area contributed by atoms with Crippen LogP contribution >= 0.6 is 0 Å². The molecule has 0 bridgehead atoms. The van der Waals surface area contributed by atoms with Gasteiger partial charge in [-0.15, -0.1) is 0 Å². The molecule has 0 aliphatic carbocycles. The van der Waals surface area contributed by atoms with Crippen molar-refractivity contribution in [3.63, 3.8) is 0 Å². The molecule has 4 nitrogen and oxygen atoms in total. The van der Waals surface area contributed by atoms with E-state index in [9.17, 15) is 4.79 Å². The summed E-state index contributed by atoms with van der Waals surface area (Å²) in [7, 11) is 0. The number of hydrogen-bond acceptors (Lipinski definition) is 2. The third-order valence-corrected chi connectivity index (χ3v) is 2.86. The first-order valence-corrected chi connectivity index (χ1v) is 4.97. The predicted octanol–water partition coefficient (Wildman–Crippen LogP) is 1.09. The van der Waals surface area contributed by atoms with Crippen molar-refractivity contribution in [2.75, 3.05) is 13.1 Å². The first-order valence-electron chi connectivity index (χ1n) is 4.97. The Morgan fingerprint density at radius 2 is 2.00 bits per heavy atom. The van der Waals surface area contributed by atoms with Crippen LogP contribution in [0.4, 0.5) is 4.79 Å². The summed E-state index contributed by atoms with van der Waals surface area (Å²) in [6.07, 6.45) is -0.885. The van der Waals surface area contributed by atoms with Crippen LogP contribution in [0.1, 0.15) is 11.5 Å². The van der Waals surface area contributed by atoms with E-state index in [1.54, 1.807) is 0 Å². The van der Waals surface area contributed by atoms with Crippen molar-refractivity contribution < 1.29 is 9.90 Å². The van der Waals surface area contributed by atoms with Crippen LogP contribution in [0.15, 0.2) is 30.3 Å². The highest BCUT2D eigenvalue weighted by atomic mass is 16.4. The fourth-order valence-electron chi connectivity index (χ4n) is 2.04. The molecule has 2 rings (SSSR count). The molecular formula is C11H14N2O2. The average molecular weight is 206 g/mol. The van der Waals surface area contributed by atoms with Gasteiger partial charge in [0.15, 0.2) is 0 Å². The summed E-state index contributed by atoms with van der Waals surface area (Å²) in [4.78, 5) is 12.2. The highest BCUT2D eigenvalue weighted by Crippen LogP contribution is 2.25. The molecule has 1 heterocycles. The summed E-state index contributed by atoms with van der Waals surface area (Å²) in [5.41, 5.74) is 7.05. The van der Waals surface area contributed by atoms with E-state index in [0.717, 1.165) is 5.56 Å². The van der Waals surface area contributed by atoms with Gasteiger partial charge in [0.05, 0.1) is 0 Å². The smallest absolute Gasteiger partial charge is 0.407 e. The average Bonchev–Trinajstić information content (AvgIpc) is 2.62. The van der Waals surface area contributed by atoms with Gasteiger partial charge in [0, 0.05) is 25.0 Å². The van der Waals surface area contributed by atoms with Crippen LogP contribution in [-0.4, -0.2) is 35.2 Å². The molecule has 4 heteroatoms. The second-order valence-electron chi connectivity index (χ2n) is 3.87. The lowest BCUT2D eigenvalue weighted by molar-refractivity contribution is 0.154. The van der Waals surface area contributed by atoms with Crippen LogP contribution in [0.25, 0.3) is 0 Å². The molecule has 1 amide bonds. The molecule has 0 spiro atoms. The van der Waals surface area contributed by atoms with Gasteiger partial charge in [0.2, 0.25) is 0 Å². The fraction of sp³-hybridized carbons (Fsp3) is 0.364. The second-order valence-corrected chi connectivity index (χ2v) is 3.87. The Labute approximate surface area is 88.3 Å². The van der Waals surface area contributed by atoms with E-state index >= 15 is 0 Å². The Morgan fingerprint density at radius 3 is 2.53 bits per heavy atom. The van der Waals surface area contributed by atoms with E-state index in [4.69, 9.17) is 10.8 Å². The summed E-state index contributed by atoms with van der Waals surface area (Å²) in [6.45, 7) is 0.926. The minimum Gasteiger partial charge on any atom is -0.465 e. The monoisotopic (exact) mass is 206 g/mol. The number of amides is 1. The second kappa shape index (κ2) is 3.90. The van der Waals surface area contributed by atoms with E-state index in [1.165, 1.54) is 4.90 Å². The lowest BCUT2D eigenvalue weighted by atomic mass is 9.95. The van der Waals surface area contributed by atoms with Crippen molar-refractivity contribution >= 4 is 6.09 Å². The van der Waals surface area contributed by atoms with Crippen molar-refractivity contribution in [2.24, 2.45) is 5.73 Å². The van der Waals surface area contributed by atoms with Crippen molar-refractivity contribution in [1.82, 2.24) is 4.90 Å². The maximum absolute atomic E-state index is 10.8. The van der Waals surface area contributed by atoms with Gasteiger partial charge in [-0.25, -0.2) is 4.79 Å². The van der Waals surface area contributed by atoms with Crippen molar-refractivity contribution in [1.29, 1.82) is 0 Å². The Morgan fingerprint density at radius 1 is 1.33 bits per heavy atom. The van der Waals surface area contributed by atoms with Gasteiger partial charge in [0.25, 0.3) is 0 Å². The fourth-order valence-corrected chi connectivity index (χ4v) is 2.04. The molecule has 0 unspecified atom stereocenters. The number of benzene rings is 1. The van der Waals surface area contributed by atoms with Gasteiger partial charge in [-0.3, -0.25) is 0 Å². The van der Waals surface area contributed by atoms with Crippen LogP contribution in [0.3, 0.4) is 0 Å². The highest BCUT2D eigenvalue weighted by Gasteiger charge is 2.33. The zero-order chi connectivity index (χ0) is 10.8. The van der Waals surface area contributed by atoms with Crippen LogP contribution in [-0.2, 0) is 0 Å². The number of likely N-dealkylation sites (tertiary alicyclic amines) is 1. The summed E-state index contributed by atoms with van der Waals surface area (Å²) in [6, 6.07) is 9.74. The summed E-state index contributed by atoms with van der Waals surface area (Å²) in [5, 5.41) is 8.87. The first-order chi connectivity index (χ1) is 7.18. The summed E-state index contributed by atoms with van der Waals surface area (Å²) in [5.74, 6) is 0.127. The normalized spacial score (nSPS) is 25.5. The molecule has 15 heavy (non-hydrogen) atoms. The van der Waals surface area contributed by atoms with Gasteiger partial charge >= 0.3 is 6.09 Å². The number of hydrogen-bond donors (Lipinski definition) is 2. The van der Waals surface area contributed by atoms with Gasteiger partial charge < -0.3 is 15.7 Å². The quantitative estimate of drug-likeness (QED) is 0.722. The number of carbonyl (C=O) groups is 1. The minimum atomic E-state index is -0.885. The lowest BCUT2D eigenvalue weighted by Crippen LogP contribution is -2.31. The predicted molar refractivity (Wildman–Crippen MR) is 56.8 cm³/mol. The molecule has 1 aromatic carbocycles. The van der Waals surface area contributed by atoms with E-state index in [2.05, 4.69) is 0 Å². The Hall–Kier alpha value is -1.55. The molecule has 3 N–H and O–H groups in total. The van der Waals surface area contributed by atoms with E-state index in [1.807, 2.05) is 30.3 Å². The van der Waals surface area contributed by atoms with Gasteiger partial charge in [-0.2, -0.15) is 0 Å². The maximum atomic E-state index is 10.8. The molecule has 1 aliphatic heterocycles. The standard InChI is InChI=1S/C11H14N2O2/c12-10-7-13(11(14)15)6-9(10)8-4-2-1-3-5-8/h1-5,9-10H,6-7,12H2,(H,14,15)/t9-,10+/m0/s1. The SMILES string of the molecule is N[C@@H]1CN(C(=O)O)C[C@H]1c1ccccc1. The number of nitrogens with zero attached hydrogens (tertiary/aromatic N) is 1. The van der Waals surface area contributed by atoms with E-state index in [0.29, 0.717) is 13.1 Å². The zero-order valence-corrected chi connectivity index (χ0v) is 8.34. The van der Waals surface area contributed by atoms with Crippen molar-refractivity contribution in [3.8, 4) is 0 Å². The van der Waals surface area contributed by atoms with Gasteiger partial charge in [0.1, 0.15) is 0 Å². The first kappa shape index (κ1) is 9.98. The van der Waals surface area contributed by atoms with Crippen LogP contribution < -0.4 is 5.73 Å². The van der Waals surface area contributed by atoms with Crippen molar-refractivity contribution in [2.45, 2.75) is 12.0 Å². The van der Waals surface area contributed by atoms with Crippen LogP contribution in [0.2, 0.25) is 0 Å². The minimum absolute atomic E-state index is 0.0940. The highest BCUT2D eigenvalue weighted by molar-refractivity contribution is 5.65. The van der Waals surface area contributed by atoms with E-state index < -0.39 is 6.09 Å². The third-order valence-electron chi connectivity index (χ3n) is 2.86. The summed E-state index contributed by atoms with van der Waals surface area (Å²) >= 11 is 0. The lowest BCUT2D eigenvalue weighted by Gasteiger charge is -2.13. The number of nitrogens with two attached hydrogens (primary N) is 1. The molecule has 1 saturated heterocycles. The topological polar surface area (TPSA) is 66.6 Å². The molecule has 2 atom stereocenters. The molecule has 0 saturated carbocycles. The number of carboxylic acid groups (broad SMARTS) is 1. The van der Waals surface area contributed by atoms with E-state index in [-0.39, 0.29) is 12.0 Å². The molecule has 1 aliphatic rings. The third kappa shape index (κ3) is 1.94. The molecule has 0 radical (unpaired) electrons. The Kier molecular flexibility index (Phi) is 2.60. The zero-order valence-electron chi connectivity index (χ0n) is 8.34. The molecule has 1 aromatic rings. The molecular weight excluding hydrogens is 192 g/mol. The van der Waals surface area contributed by atoms with Gasteiger partial charge in [-0.1, -0.05) is 30.3 Å². The Balaban J connectivity index is 2.15. The maximum Gasteiger partial charge on any atom is 0.407 e. The van der Waals surface area contributed by atoms with Gasteiger partial charge in [-0.05, 0) is 5.56 Å².